The van der Waals surface area contributed by atoms with Gasteiger partial charge in [0.05, 0.1) is 5.54 Å². The summed E-state index contributed by atoms with van der Waals surface area (Å²) < 4.78 is 0. The molecule has 1 amide bonds. The summed E-state index contributed by atoms with van der Waals surface area (Å²) in [6.45, 7) is 6.86. The Labute approximate surface area is 131 Å². The molecule has 0 spiro atoms. The second kappa shape index (κ2) is 9.53. The average Bonchev–Trinajstić information content (AvgIpc) is 2.65. The van der Waals surface area contributed by atoms with Crippen molar-refractivity contribution in [2.75, 3.05) is 13.6 Å². The van der Waals surface area contributed by atoms with Gasteiger partial charge in [-0.1, -0.05) is 0 Å². The quantitative estimate of drug-likeness (QED) is 0.790. The van der Waals surface area contributed by atoms with E-state index in [9.17, 15) is 4.79 Å². The number of aromatic nitrogens is 1. The molecular formula is C12H23Cl2N3OS. The number of nitrogens with one attached hydrogen (secondary N) is 2. The summed E-state index contributed by atoms with van der Waals surface area (Å²) in [5, 5.41) is 7.01. The third-order valence-corrected chi connectivity index (χ3v) is 3.67. The van der Waals surface area contributed by atoms with Crippen LogP contribution in [-0.4, -0.2) is 24.5 Å². The maximum absolute atomic E-state index is 11.8. The van der Waals surface area contributed by atoms with Crippen LogP contribution in [0.2, 0.25) is 0 Å². The molecule has 1 heterocycles. The largest absolute Gasteiger partial charge is 0.345 e. The molecule has 0 saturated heterocycles. The molecule has 0 radical (unpaired) electrons. The van der Waals surface area contributed by atoms with Crippen molar-refractivity contribution < 1.29 is 4.79 Å². The van der Waals surface area contributed by atoms with Crippen molar-refractivity contribution in [2.24, 2.45) is 0 Å². The molecule has 0 saturated carbocycles. The summed E-state index contributed by atoms with van der Waals surface area (Å²) in [5.74, 6) is 0.0816. The summed E-state index contributed by atoms with van der Waals surface area (Å²) in [4.78, 5) is 17.2. The van der Waals surface area contributed by atoms with Gasteiger partial charge in [0.1, 0.15) is 5.01 Å². The number of amides is 1. The second-order valence-corrected chi connectivity index (χ2v) is 5.89. The van der Waals surface area contributed by atoms with E-state index in [2.05, 4.69) is 15.6 Å². The Morgan fingerprint density at radius 1 is 1.42 bits per heavy atom. The van der Waals surface area contributed by atoms with Gasteiger partial charge in [0.25, 0.3) is 0 Å². The Morgan fingerprint density at radius 2 is 2.05 bits per heavy atom. The van der Waals surface area contributed by atoms with Crippen LogP contribution >= 0.6 is 36.2 Å². The lowest BCUT2D eigenvalue weighted by Gasteiger charge is -2.23. The molecule has 1 aromatic heterocycles. The van der Waals surface area contributed by atoms with E-state index in [-0.39, 0.29) is 36.3 Å². The van der Waals surface area contributed by atoms with Crippen LogP contribution in [0.5, 0.6) is 0 Å². The van der Waals surface area contributed by atoms with Crippen LogP contribution in [0.3, 0.4) is 0 Å². The molecular weight excluding hydrogens is 305 g/mol. The first kappa shape index (κ1) is 20.9. The minimum atomic E-state index is -0.379. The fraction of sp³-hybridized carbons (Fsp3) is 0.667. The highest BCUT2D eigenvalue weighted by Crippen LogP contribution is 2.24. The highest BCUT2D eigenvalue weighted by Gasteiger charge is 2.25. The third-order valence-electron chi connectivity index (χ3n) is 2.44. The number of aryl methyl sites for hydroxylation is 1. The first-order chi connectivity index (χ1) is 7.95. The maximum atomic E-state index is 11.8. The van der Waals surface area contributed by atoms with Crippen LogP contribution in [0.15, 0.2) is 6.20 Å². The van der Waals surface area contributed by atoms with Crippen LogP contribution in [0.1, 0.15) is 36.6 Å². The lowest BCUT2D eigenvalue weighted by Crippen LogP contribution is -2.41. The molecule has 1 aromatic rings. The summed E-state index contributed by atoms with van der Waals surface area (Å²) in [6, 6.07) is 0. The molecule has 0 fully saturated rings. The number of halogens is 2. The summed E-state index contributed by atoms with van der Waals surface area (Å²) in [6.07, 6.45) is 3.25. The Bertz CT molecular complexity index is 383. The van der Waals surface area contributed by atoms with Gasteiger partial charge in [-0.15, -0.1) is 36.2 Å². The van der Waals surface area contributed by atoms with Crippen LogP contribution in [0.4, 0.5) is 0 Å². The summed E-state index contributed by atoms with van der Waals surface area (Å²) in [5.41, 5.74) is -0.379. The minimum absolute atomic E-state index is 0. The van der Waals surface area contributed by atoms with Gasteiger partial charge in [-0.2, -0.15) is 0 Å². The smallest absolute Gasteiger partial charge is 0.220 e. The Morgan fingerprint density at radius 3 is 2.53 bits per heavy atom. The van der Waals surface area contributed by atoms with E-state index < -0.39 is 0 Å². The fourth-order valence-corrected chi connectivity index (χ4v) is 2.36. The molecule has 0 aromatic carbocycles. The molecule has 112 valence electrons. The maximum Gasteiger partial charge on any atom is 0.220 e. The van der Waals surface area contributed by atoms with Gasteiger partial charge in [-0.05, 0) is 40.8 Å². The summed E-state index contributed by atoms with van der Waals surface area (Å²) in [7, 11) is 1.89. The topological polar surface area (TPSA) is 54.0 Å². The van der Waals surface area contributed by atoms with Gasteiger partial charge in [0.2, 0.25) is 5.91 Å². The second-order valence-electron chi connectivity index (χ2n) is 4.66. The summed E-state index contributed by atoms with van der Waals surface area (Å²) >= 11 is 1.63. The molecule has 0 aliphatic heterocycles. The fourth-order valence-electron chi connectivity index (χ4n) is 1.53. The van der Waals surface area contributed by atoms with E-state index >= 15 is 0 Å². The van der Waals surface area contributed by atoms with Crippen molar-refractivity contribution in [3.8, 4) is 0 Å². The van der Waals surface area contributed by atoms with E-state index in [0.717, 1.165) is 22.9 Å². The van der Waals surface area contributed by atoms with Gasteiger partial charge >= 0.3 is 0 Å². The molecule has 0 unspecified atom stereocenters. The lowest BCUT2D eigenvalue weighted by molar-refractivity contribution is -0.122. The van der Waals surface area contributed by atoms with Crippen molar-refractivity contribution in [3.05, 3.63) is 16.1 Å². The van der Waals surface area contributed by atoms with Gasteiger partial charge in [-0.25, -0.2) is 4.98 Å². The van der Waals surface area contributed by atoms with E-state index in [4.69, 9.17) is 0 Å². The molecule has 2 N–H and O–H groups in total. The molecule has 1 rings (SSSR count). The van der Waals surface area contributed by atoms with Crippen molar-refractivity contribution >= 4 is 42.1 Å². The van der Waals surface area contributed by atoms with Crippen molar-refractivity contribution in [3.63, 3.8) is 0 Å². The number of carbonyl (C=O) groups is 1. The third kappa shape index (κ3) is 7.11. The van der Waals surface area contributed by atoms with Crippen LogP contribution < -0.4 is 10.6 Å². The zero-order valence-electron chi connectivity index (χ0n) is 11.8. The number of hydrogen-bond acceptors (Lipinski definition) is 4. The first-order valence-corrected chi connectivity index (χ1v) is 6.66. The van der Waals surface area contributed by atoms with Gasteiger partial charge in [-0.3, -0.25) is 4.79 Å². The van der Waals surface area contributed by atoms with Crippen LogP contribution in [0, 0.1) is 6.92 Å². The predicted molar refractivity (Wildman–Crippen MR) is 85.7 cm³/mol. The van der Waals surface area contributed by atoms with Crippen molar-refractivity contribution in [2.45, 2.75) is 39.2 Å². The SMILES string of the molecule is CNCCCC(=O)NC(C)(C)c1ncc(C)s1.Cl.Cl. The van der Waals surface area contributed by atoms with E-state index in [1.165, 1.54) is 0 Å². The lowest BCUT2D eigenvalue weighted by atomic mass is 10.1. The highest BCUT2D eigenvalue weighted by molar-refractivity contribution is 7.11. The number of nitrogens with zero attached hydrogens (tertiary/aromatic N) is 1. The molecule has 0 atom stereocenters. The van der Waals surface area contributed by atoms with E-state index in [0.29, 0.717) is 6.42 Å². The molecule has 4 nitrogen and oxygen atoms in total. The number of thiazole rings is 1. The monoisotopic (exact) mass is 327 g/mol. The van der Waals surface area contributed by atoms with Gasteiger partial charge < -0.3 is 10.6 Å². The van der Waals surface area contributed by atoms with E-state index in [1.54, 1.807) is 11.3 Å². The van der Waals surface area contributed by atoms with Crippen molar-refractivity contribution in [1.29, 1.82) is 0 Å². The van der Waals surface area contributed by atoms with Gasteiger partial charge in [0.15, 0.2) is 0 Å². The zero-order chi connectivity index (χ0) is 12.9. The Kier molecular flexibility index (Phi) is 10.5. The van der Waals surface area contributed by atoms with Crippen LogP contribution in [-0.2, 0) is 10.3 Å². The highest BCUT2D eigenvalue weighted by atomic mass is 35.5. The minimum Gasteiger partial charge on any atom is -0.345 e. The van der Waals surface area contributed by atoms with Gasteiger partial charge in [0, 0.05) is 17.5 Å². The van der Waals surface area contributed by atoms with Crippen LogP contribution in [0.25, 0.3) is 0 Å². The standard InChI is InChI=1S/C12H21N3OS.2ClH/c1-9-8-14-11(17-9)12(2,3)15-10(16)6-5-7-13-4;;/h8,13H,5-7H2,1-4H3,(H,15,16);2*1H. The Balaban J connectivity index is 0. The molecule has 7 heteroatoms. The Hall–Kier alpha value is -0.360. The number of carbonyl (C=O) groups excluding carboxylic acids is 1. The molecule has 0 aliphatic rings. The number of hydrogen-bond donors (Lipinski definition) is 2. The number of rotatable bonds is 6. The molecule has 0 aliphatic carbocycles. The average molecular weight is 328 g/mol. The van der Waals surface area contributed by atoms with E-state index in [1.807, 2.05) is 34.0 Å². The predicted octanol–water partition coefficient (Wildman–Crippen LogP) is 2.65. The molecule has 0 bridgehead atoms. The first-order valence-electron chi connectivity index (χ1n) is 5.84. The van der Waals surface area contributed by atoms with Crippen molar-refractivity contribution in [1.82, 2.24) is 15.6 Å². The normalized spacial score (nSPS) is 10.3. The zero-order valence-corrected chi connectivity index (χ0v) is 14.2. The molecule has 19 heavy (non-hydrogen) atoms.